The minimum absolute atomic E-state index is 1.42. The van der Waals surface area contributed by atoms with Gasteiger partial charge in [-0.05, 0) is 0 Å². The quantitative estimate of drug-likeness (QED) is 0.351. The Balaban J connectivity index is -0.0000000787. The van der Waals surface area contributed by atoms with Crippen molar-refractivity contribution in [2.45, 2.75) is 41.5 Å². The summed E-state index contributed by atoms with van der Waals surface area (Å²) in [5.41, 5.74) is 0. The predicted molar refractivity (Wildman–Crippen MR) is 54.6 cm³/mol. The average molecular weight is 349 g/mol. The molecule has 0 aliphatic rings. The molecule has 0 rings (SSSR count). The van der Waals surface area contributed by atoms with Crippen molar-refractivity contribution in [3.05, 3.63) is 11.8 Å². The van der Waals surface area contributed by atoms with Gasteiger partial charge >= 0.3 is 36.3 Å². The van der Waals surface area contributed by atoms with E-state index in [0.29, 0.717) is 0 Å². The van der Waals surface area contributed by atoms with Gasteiger partial charge in [-0.15, -0.1) is 0 Å². The van der Waals surface area contributed by atoms with Crippen LogP contribution in [0.25, 0.3) is 0 Å². The molecule has 0 aromatic rings. The van der Waals surface area contributed by atoms with Crippen molar-refractivity contribution in [1.29, 1.82) is 0 Å². The molecule has 0 aromatic carbocycles. The Kier molecular flexibility index (Phi) is 29.5. The Hall–Kier alpha value is 1.47. The number of hydrogen-bond donors (Lipinski definition) is 0. The topological polar surface area (TPSA) is 0 Å². The third-order valence-electron chi connectivity index (χ3n) is 0. The summed E-state index contributed by atoms with van der Waals surface area (Å²) in [6.45, 7) is 12.5. The van der Waals surface area contributed by atoms with Crippen molar-refractivity contribution in [3.8, 4) is 0 Å². The molecule has 0 aliphatic heterocycles. The van der Waals surface area contributed by atoms with Gasteiger partial charge < -0.3 is 11.8 Å². The van der Waals surface area contributed by atoms with Gasteiger partial charge in [0.25, 0.3) is 0 Å². The summed E-state index contributed by atoms with van der Waals surface area (Å²) in [6, 6.07) is 0. The van der Waals surface area contributed by atoms with Crippen molar-refractivity contribution in [2.75, 3.05) is 0 Å². The molecule has 0 heterocycles. The fourth-order valence-electron chi connectivity index (χ4n) is 0. The fraction of sp³-hybridized carbons (Fsp3) is 0.750. The zero-order valence-corrected chi connectivity index (χ0v) is 11.3. The summed E-state index contributed by atoms with van der Waals surface area (Å²) in [7, 11) is 0. The van der Waals surface area contributed by atoms with Crippen LogP contribution in [0.3, 0.4) is 0 Å². The molecule has 0 saturated heterocycles. The molecule has 0 bridgehead atoms. The average Bonchev–Trinajstić information content (AvgIpc) is 1.66. The van der Waals surface area contributed by atoms with Gasteiger partial charge in [-0.2, -0.15) is 41.5 Å². The molecule has 0 atom stereocenters. The van der Waals surface area contributed by atoms with Crippen LogP contribution in [0.1, 0.15) is 41.5 Å². The van der Waals surface area contributed by atoms with Crippen molar-refractivity contribution in [1.82, 2.24) is 0 Å². The zero-order valence-electron chi connectivity index (χ0n) is 7.68. The molecule has 0 N–H and O–H groups in total. The molecule has 70 valence electrons. The van der Waals surface area contributed by atoms with Crippen molar-refractivity contribution >= 4 is 19.0 Å². The van der Waals surface area contributed by atoms with E-state index in [1.165, 1.54) is 11.8 Å². The monoisotopic (exact) mass is 348 g/mol. The summed E-state index contributed by atoms with van der Waals surface area (Å²) in [5, 5.41) is 0. The Labute approximate surface area is 89.0 Å². The number of rotatable bonds is 0. The Morgan fingerprint density at radius 3 is 0.700 bits per heavy atom. The number of halogens is 1. The first-order valence-electron chi connectivity index (χ1n) is 3.11. The first kappa shape index (κ1) is 17.5. The van der Waals surface area contributed by atoms with Gasteiger partial charge in [0.2, 0.25) is 0 Å². The van der Waals surface area contributed by atoms with E-state index in [-0.39, 0.29) is 0 Å². The van der Waals surface area contributed by atoms with Crippen molar-refractivity contribution in [3.63, 3.8) is 0 Å². The van der Waals surface area contributed by atoms with E-state index in [1.807, 2.05) is 19.0 Å². The van der Waals surface area contributed by atoms with Crippen LogP contribution in [-0.2, 0) is 17.3 Å². The van der Waals surface area contributed by atoms with Gasteiger partial charge in [0, 0.05) is 0 Å². The molecule has 2 heteroatoms. The van der Waals surface area contributed by atoms with Crippen LogP contribution < -0.4 is 0 Å². The van der Waals surface area contributed by atoms with Gasteiger partial charge in [-0.3, -0.25) is 0 Å². The van der Waals surface area contributed by atoms with Crippen LogP contribution >= 0.6 is 19.0 Å². The fourth-order valence-corrected chi connectivity index (χ4v) is 0. The van der Waals surface area contributed by atoms with Gasteiger partial charge in [-0.25, -0.2) is 0 Å². The maximum absolute atomic E-state index is 2.92. The molecule has 0 unspecified atom stereocenters. The van der Waals surface area contributed by atoms with Crippen LogP contribution in [0.15, 0.2) is 0 Å². The third-order valence-corrected chi connectivity index (χ3v) is 0. The Morgan fingerprint density at radius 2 is 0.700 bits per heavy atom. The van der Waals surface area contributed by atoms with E-state index < -0.39 is 0 Å². The molecule has 0 saturated carbocycles. The van der Waals surface area contributed by atoms with Crippen LogP contribution in [0.4, 0.5) is 0 Å². The minimum atomic E-state index is 1.42. The zero-order chi connectivity index (χ0) is 9.15. The van der Waals surface area contributed by atoms with Crippen LogP contribution in [-0.4, -0.2) is 0 Å². The maximum atomic E-state index is 2.92. The van der Waals surface area contributed by atoms with E-state index in [2.05, 4.69) is 58.8 Å². The molecule has 0 nitrogen and oxygen atoms in total. The molecule has 0 aliphatic carbocycles. The first-order chi connectivity index (χ1) is 4.46. The Bertz CT molecular complexity index is 24.7. The summed E-state index contributed by atoms with van der Waals surface area (Å²) in [6.07, 6.45) is 0. The molecular formula is C8H18AgI-2. The van der Waals surface area contributed by atoms with Crippen molar-refractivity contribution < 1.29 is 17.3 Å². The SMILES string of the molecule is C[C-](C)C.C[C-](C)C.[Ag][I]. The van der Waals surface area contributed by atoms with Crippen LogP contribution in [0.5, 0.6) is 0 Å². The second-order valence-corrected chi connectivity index (χ2v) is 3.00. The summed E-state index contributed by atoms with van der Waals surface area (Å²) >= 11 is 4.88. The third kappa shape index (κ3) is 314. The summed E-state index contributed by atoms with van der Waals surface area (Å²) in [5.74, 6) is 2.83. The van der Waals surface area contributed by atoms with Crippen molar-refractivity contribution in [2.24, 2.45) is 0 Å². The molecule has 0 spiro atoms. The van der Waals surface area contributed by atoms with E-state index >= 15 is 0 Å². The molecule has 0 aromatic heterocycles. The standard InChI is InChI=1S/2C4H9.Ag.HI/c2*1-4(2)3;;/h2*1-3H3;;1H/q2*-1;+1;/p-1. The number of hydrogen-bond acceptors (Lipinski definition) is 0. The Morgan fingerprint density at radius 1 is 0.700 bits per heavy atom. The second-order valence-electron chi connectivity index (χ2n) is 3.00. The van der Waals surface area contributed by atoms with E-state index in [9.17, 15) is 0 Å². The van der Waals surface area contributed by atoms with Gasteiger partial charge in [0.05, 0.1) is 0 Å². The molecule has 0 amide bonds. The summed E-state index contributed by atoms with van der Waals surface area (Å²) in [4.78, 5) is 0. The molecule has 10 heavy (non-hydrogen) atoms. The molecule has 0 fully saturated rings. The second kappa shape index (κ2) is 16.8. The van der Waals surface area contributed by atoms with Gasteiger partial charge in [-0.1, -0.05) is 0 Å². The normalized spacial score (nSPS) is 7.90. The molecule has 0 radical (unpaired) electrons. The first-order valence-corrected chi connectivity index (χ1v) is 7.52. The van der Waals surface area contributed by atoms with Gasteiger partial charge in [0.15, 0.2) is 0 Å². The molecular weight excluding hydrogens is 331 g/mol. The van der Waals surface area contributed by atoms with E-state index in [0.717, 1.165) is 0 Å². The van der Waals surface area contributed by atoms with E-state index in [1.54, 1.807) is 0 Å². The van der Waals surface area contributed by atoms with Crippen LogP contribution in [0.2, 0.25) is 0 Å². The van der Waals surface area contributed by atoms with Crippen LogP contribution in [0, 0.1) is 11.8 Å². The summed E-state index contributed by atoms with van der Waals surface area (Å²) < 4.78 is 0. The predicted octanol–water partition coefficient (Wildman–Crippen LogP) is 4.12. The van der Waals surface area contributed by atoms with Gasteiger partial charge in [0.1, 0.15) is 0 Å². The van der Waals surface area contributed by atoms with E-state index in [4.69, 9.17) is 0 Å².